The highest BCUT2D eigenvalue weighted by Crippen LogP contribution is 2.46. The maximum absolute atomic E-state index is 14.0. The van der Waals surface area contributed by atoms with Gasteiger partial charge in [0.25, 0.3) is 0 Å². The van der Waals surface area contributed by atoms with E-state index in [1.807, 2.05) is 0 Å². The Kier molecular flexibility index (Phi) is 3.28. The number of nitrogens with zero attached hydrogens (tertiary/aromatic N) is 1. The van der Waals surface area contributed by atoms with Crippen molar-refractivity contribution in [1.82, 2.24) is 0 Å². The lowest BCUT2D eigenvalue weighted by atomic mass is 9.72. The van der Waals surface area contributed by atoms with Crippen molar-refractivity contribution in [1.29, 1.82) is 0 Å². The van der Waals surface area contributed by atoms with Gasteiger partial charge < -0.3 is 0 Å². The fraction of sp³-hybridized carbons (Fsp3) is 0.417. The van der Waals surface area contributed by atoms with Gasteiger partial charge >= 0.3 is 0 Å². The second kappa shape index (κ2) is 4.51. The summed E-state index contributed by atoms with van der Waals surface area (Å²) < 4.78 is 50.4. The molecule has 0 aliphatic heterocycles. The van der Waals surface area contributed by atoms with Gasteiger partial charge in [-0.25, -0.2) is 22.0 Å². The second-order valence-electron chi connectivity index (χ2n) is 4.60. The quantitative estimate of drug-likeness (QED) is 0.631. The summed E-state index contributed by atoms with van der Waals surface area (Å²) in [5.41, 5.74) is -1.19. The molecule has 4 nitrogen and oxygen atoms in total. The van der Waals surface area contributed by atoms with E-state index < -0.39 is 31.9 Å². The Balaban J connectivity index is 2.63. The lowest BCUT2D eigenvalue weighted by molar-refractivity contribution is 0.244. The molecule has 0 atom stereocenters. The van der Waals surface area contributed by atoms with Crippen molar-refractivity contribution >= 4 is 15.9 Å². The van der Waals surface area contributed by atoms with Gasteiger partial charge in [0.15, 0.2) is 21.5 Å². The number of sulfone groups is 1. The van der Waals surface area contributed by atoms with Crippen molar-refractivity contribution in [2.75, 3.05) is 6.26 Å². The molecule has 0 spiro atoms. The van der Waals surface area contributed by atoms with Gasteiger partial charge in [-0.05, 0) is 25.3 Å². The van der Waals surface area contributed by atoms with Gasteiger partial charge in [0.05, 0.1) is 0 Å². The van der Waals surface area contributed by atoms with Crippen LogP contribution in [0.25, 0.3) is 0 Å². The normalized spacial score (nSPS) is 17.4. The first-order valence-electron chi connectivity index (χ1n) is 5.59. The molecule has 1 aliphatic rings. The van der Waals surface area contributed by atoms with Gasteiger partial charge in [-0.15, -0.1) is 0 Å². The predicted octanol–water partition coefficient (Wildman–Crippen LogP) is 2.08. The lowest BCUT2D eigenvalue weighted by Crippen LogP contribution is -2.33. The average molecular weight is 287 g/mol. The molecule has 0 aromatic heterocycles. The summed E-state index contributed by atoms with van der Waals surface area (Å²) in [4.78, 5) is 13.3. The van der Waals surface area contributed by atoms with Crippen LogP contribution in [0.15, 0.2) is 22.0 Å². The molecule has 1 fully saturated rings. The molecule has 0 unspecified atom stereocenters. The Bertz CT molecular complexity index is 674. The lowest BCUT2D eigenvalue weighted by Gasteiger charge is -2.37. The number of halogens is 2. The third-order valence-corrected chi connectivity index (χ3v) is 4.50. The van der Waals surface area contributed by atoms with Crippen molar-refractivity contribution in [3.05, 3.63) is 29.3 Å². The van der Waals surface area contributed by atoms with Gasteiger partial charge in [-0.1, -0.05) is 6.07 Å². The Morgan fingerprint density at radius 3 is 2.32 bits per heavy atom. The van der Waals surface area contributed by atoms with Crippen molar-refractivity contribution in [3.63, 3.8) is 0 Å². The van der Waals surface area contributed by atoms with Crippen LogP contribution in [0.5, 0.6) is 0 Å². The number of aliphatic imine (C=N–C) groups is 1. The van der Waals surface area contributed by atoms with Gasteiger partial charge in [0, 0.05) is 11.8 Å². The molecule has 1 aliphatic carbocycles. The van der Waals surface area contributed by atoms with Gasteiger partial charge in [0.2, 0.25) is 6.08 Å². The largest absolute Gasteiger partial charge is 0.235 e. The summed E-state index contributed by atoms with van der Waals surface area (Å²) >= 11 is 0. The number of isocyanates is 1. The smallest absolute Gasteiger partial charge is 0.224 e. The van der Waals surface area contributed by atoms with E-state index in [4.69, 9.17) is 0 Å². The number of carbonyl (C=O) groups excluding carboxylic acids is 1. The zero-order valence-electron chi connectivity index (χ0n) is 10.1. The summed E-state index contributed by atoms with van der Waals surface area (Å²) in [6, 6.07) is 2.18. The second-order valence-corrected chi connectivity index (χ2v) is 6.58. The van der Waals surface area contributed by atoms with Crippen LogP contribution in [-0.2, 0) is 20.2 Å². The molecule has 0 bridgehead atoms. The van der Waals surface area contributed by atoms with Crippen LogP contribution < -0.4 is 0 Å². The maximum Gasteiger partial charge on any atom is 0.235 e. The van der Waals surface area contributed by atoms with Crippen LogP contribution in [0, 0.1) is 11.6 Å². The minimum absolute atomic E-state index is 0.0907. The summed E-state index contributed by atoms with van der Waals surface area (Å²) in [5.74, 6) is -2.69. The highest BCUT2D eigenvalue weighted by atomic mass is 32.2. The molecule has 0 N–H and O–H groups in total. The molecule has 0 amide bonds. The van der Waals surface area contributed by atoms with E-state index in [-0.39, 0.29) is 5.56 Å². The van der Waals surface area contributed by atoms with Gasteiger partial charge in [0.1, 0.15) is 10.4 Å². The summed E-state index contributed by atoms with van der Waals surface area (Å²) in [7, 11) is -3.84. The Morgan fingerprint density at radius 1 is 1.26 bits per heavy atom. The van der Waals surface area contributed by atoms with E-state index in [1.165, 1.54) is 12.1 Å². The Hall–Kier alpha value is -1.59. The van der Waals surface area contributed by atoms with E-state index in [1.54, 1.807) is 0 Å². The molecule has 1 aromatic rings. The fourth-order valence-electron chi connectivity index (χ4n) is 2.22. The van der Waals surface area contributed by atoms with E-state index in [9.17, 15) is 22.0 Å². The highest BCUT2D eigenvalue weighted by molar-refractivity contribution is 7.90. The van der Waals surface area contributed by atoms with Crippen molar-refractivity contribution in [3.8, 4) is 0 Å². The molecule has 19 heavy (non-hydrogen) atoms. The monoisotopic (exact) mass is 287 g/mol. The first-order valence-corrected chi connectivity index (χ1v) is 7.48. The zero-order valence-corrected chi connectivity index (χ0v) is 10.9. The number of hydrogen-bond donors (Lipinski definition) is 0. The molecular formula is C12H11F2NO3S. The molecular weight excluding hydrogens is 276 g/mol. The van der Waals surface area contributed by atoms with Crippen LogP contribution in [0.3, 0.4) is 0 Å². The van der Waals surface area contributed by atoms with E-state index >= 15 is 0 Å². The van der Waals surface area contributed by atoms with Crippen LogP contribution in [0.2, 0.25) is 0 Å². The van der Waals surface area contributed by atoms with Gasteiger partial charge in [-0.3, -0.25) is 0 Å². The van der Waals surface area contributed by atoms with E-state index in [2.05, 4.69) is 4.99 Å². The maximum atomic E-state index is 14.0. The molecule has 7 heteroatoms. The molecule has 0 saturated heterocycles. The summed E-state index contributed by atoms with van der Waals surface area (Å²) in [6.07, 6.45) is 3.73. The Morgan fingerprint density at radius 2 is 1.89 bits per heavy atom. The third kappa shape index (κ3) is 2.19. The van der Waals surface area contributed by atoms with Crippen molar-refractivity contribution < 1.29 is 22.0 Å². The van der Waals surface area contributed by atoms with Crippen LogP contribution in [0.1, 0.15) is 24.8 Å². The summed E-state index contributed by atoms with van der Waals surface area (Å²) in [5, 5.41) is 0. The van der Waals surface area contributed by atoms with Crippen LogP contribution in [0.4, 0.5) is 8.78 Å². The third-order valence-electron chi connectivity index (χ3n) is 3.39. The Labute approximate surface area is 109 Å². The topological polar surface area (TPSA) is 63.6 Å². The summed E-state index contributed by atoms with van der Waals surface area (Å²) in [6.45, 7) is 0. The minimum Gasteiger partial charge on any atom is -0.224 e. The number of rotatable bonds is 3. The number of benzene rings is 1. The first-order chi connectivity index (χ1) is 8.82. The van der Waals surface area contributed by atoms with E-state index in [0.717, 1.165) is 18.7 Å². The molecule has 1 saturated carbocycles. The molecule has 1 aromatic carbocycles. The molecule has 0 radical (unpaired) electrons. The van der Waals surface area contributed by atoms with E-state index in [0.29, 0.717) is 12.8 Å². The van der Waals surface area contributed by atoms with Crippen molar-refractivity contribution in [2.24, 2.45) is 4.99 Å². The molecule has 2 rings (SSSR count). The fourth-order valence-corrected chi connectivity index (χ4v) is 2.95. The molecule has 102 valence electrons. The zero-order chi connectivity index (χ0) is 14.3. The van der Waals surface area contributed by atoms with Crippen LogP contribution >= 0.6 is 0 Å². The van der Waals surface area contributed by atoms with Crippen molar-refractivity contribution in [2.45, 2.75) is 29.7 Å². The predicted molar refractivity (Wildman–Crippen MR) is 63.1 cm³/mol. The van der Waals surface area contributed by atoms with Crippen LogP contribution in [-0.4, -0.2) is 20.8 Å². The standard InChI is InChI=1S/C12H11F2NO3S/c1-19(17,18)9-4-3-8(10(13)11(9)14)12(15-7-16)5-2-6-12/h3-4H,2,5-6H2,1H3. The van der Waals surface area contributed by atoms with Gasteiger partial charge in [-0.2, -0.15) is 4.99 Å². The number of hydrogen-bond acceptors (Lipinski definition) is 4. The SMILES string of the molecule is CS(=O)(=O)c1ccc(C2(N=C=O)CCC2)c(F)c1F. The first kappa shape index (κ1) is 13.8. The average Bonchev–Trinajstić information content (AvgIpc) is 2.26. The highest BCUT2D eigenvalue weighted by Gasteiger charge is 2.42. The molecule has 0 heterocycles. The minimum atomic E-state index is -3.84.